The van der Waals surface area contributed by atoms with Crippen LogP contribution in [0.25, 0.3) is 0 Å². The fraction of sp³-hybridized carbons (Fsp3) is 0.235. The fourth-order valence-electron chi connectivity index (χ4n) is 2.04. The molecule has 4 heteroatoms. The lowest BCUT2D eigenvalue weighted by atomic mass is 10.0. The molecule has 2 N–H and O–H groups in total. The second-order valence-electron chi connectivity index (χ2n) is 4.94. The lowest BCUT2D eigenvalue weighted by Crippen LogP contribution is -2.33. The van der Waals surface area contributed by atoms with Crippen molar-refractivity contribution < 1.29 is 9.90 Å². The Kier molecular flexibility index (Phi) is 6.40. The van der Waals surface area contributed by atoms with Crippen LogP contribution < -0.4 is 5.32 Å². The SMILES string of the molecule is Cc1ccccc1CNC(C)C(=O)c1ccc(O)cc1.Cl. The number of carbonyl (C=O) groups is 1. The van der Waals surface area contributed by atoms with Gasteiger partial charge in [0.15, 0.2) is 5.78 Å². The van der Waals surface area contributed by atoms with E-state index in [9.17, 15) is 9.90 Å². The van der Waals surface area contributed by atoms with Gasteiger partial charge in [-0.2, -0.15) is 0 Å². The molecule has 2 aromatic carbocycles. The third-order valence-electron chi connectivity index (χ3n) is 3.41. The summed E-state index contributed by atoms with van der Waals surface area (Å²) in [7, 11) is 0. The number of phenolic OH excluding ortho intramolecular Hbond substituents is 1. The first kappa shape index (κ1) is 17.2. The minimum atomic E-state index is -0.265. The summed E-state index contributed by atoms with van der Waals surface area (Å²) in [6, 6.07) is 14.2. The van der Waals surface area contributed by atoms with E-state index < -0.39 is 0 Å². The monoisotopic (exact) mass is 305 g/mol. The van der Waals surface area contributed by atoms with Crippen LogP contribution in [0.3, 0.4) is 0 Å². The number of aromatic hydroxyl groups is 1. The number of halogens is 1. The van der Waals surface area contributed by atoms with Crippen LogP contribution in [-0.4, -0.2) is 16.9 Å². The molecule has 2 aromatic rings. The van der Waals surface area contributed by atoms with Crippen molar-refractivity contribution in [2.45, 2.75) is 26.4 Å². The van der Waals surface area contributed by atoms with E-state index in [-0.39, 0.29) is 30.0 Å². The highest BCUT2D eigenvalue weighted by atomic mass is 35.5. The van der Waals surface area contributed by atoms with E-state index in [0.717, 1.165) is 0 Å². The summed E-state index contributed by atoms with van der Waals surface area (Å²) < 4.78 is 0. The van der Waals surface area contributed by atoms with Gasteiger partial charge in [-0.3, -0.25) is 4.79 Å². The maximum absolute atomic E-state index is 12.2. The van der Waals surface area contributed by atoms with Gasteiger partial charge in [-0.25, -0.2) is 0 Å². The molecule has 0 saturated heterocycles. The van der Waals surface area contributed by atoms with Crippen molar-refractivity contribution in [1.29, 1.82) is 0 Å². The lowest BCUT2D eigenvalue weighted by Gasteiger charge is -2.14. The van der Waals surface area contributed by atoms with Crippen LogP contribution in [0.4, 0.5) is 0 Å². The number of carbonyl (C=O) groups excluding carboxylic acids is 1. The molecule has 0 saturated carbocycles. The maximum atomic E-state index is 12.2. The standard InChI is InChI=1S/C17H19NO2.ClH/c1-12-5-3-4-6-15(12)11-18-13(2)17(20)14-7-9-16(19)10-8-14;/h3-10,13,18-19H,11H2,1-2H3;1H. The second kappa shape index (κ2) is 7.81. The number of nitrogens with one attached hydrogen (secondary N) is 1. The van der Waals surface area contributed by atoms with Crippen molar-refractivity contribution in [3.05, 3.63) is 65.2 Å². The summed E-state index contributed by atoms with van der Waals surface area (Å²) in [5.41, 5.74) is 3.01. The summed E-state index contributed by atoms with van der Waals surface area (Å²) in [4.78, 5) is 12.2. The predicted octanol–water partition coefficient (Wildman–Crippen LogP) is 3.48. The average molecular weight is 306 g/mol. The van der Waals surface area contributed by atoms with Crippen LogP contribution >= 0.6 is 12.4 Å². The Morgan fingerprint density at radius 3 is 2.38 bits per heavy atom. The summed E-state index contributed by atoms with van der Waals surface area (Å²) in [6.07, 6.45) is 0. The van der Waals surface area contributed by atoms with Crippen LogP contribution in [0.2, 0.25) is 0 Å². The first-order valence-corrected chi connectivity index (χ1v) is 6.69. The average Bonchev–Trinajstić information content (AvgIpc) is 2.46. The lowest BCUT2D eigenvalue weighted by molar-refractivity contribution is 0.0950. The molecule has 1 atom stereocenters. The van der Waals surface area contributed by atoms with E-state index in [2.05, 4.69) is 24.4 Å². The van der Waals surface area contributed by atoms with Crippen LogP contribution in [0.15, 0.2) is 48.5 Å². The zero-order chi connectivity index (χ0) is 14.5. The zero-order valence-corrected chi connectivity index (χ0v) is 13.0. The highest BCUT2D eigenvalue weighted by Crippen LogP contribution is 2.12. The Labute approximate surface area is 131 Å². The van der Waals surface area contributed by atoms with Crippen molar-refractivity contribution in [1.82, 2.24) is 5.32 Å². The highest BCUT2D eigenvalue weighted by molar-refractivity contribution is 5.99. The molecule has 0 spiro atoms. The topological polar surface area (TPSA) is 49.3 Å². The first-order valence-electron chi connectivity index (χ1n) is 6.69. The molecule has 0 aliphatic heterocycles. The summed E-state index contributed by atoms with van der Waals surface area (Å²) in [5.74, 6) is 0.195. The van der Waals surface area contributed by atoms with Crippen molar-refractivity contribution in [2.75, 3.05) is 0 Å². The number of ketones is 1. The third kappa shape index (κ3) is 4.59. The van der Waals surface area contributed by atoms with Gasteiger partial charge >= 0.3 is 0 Å². The molecule has 0 aliphatic rings. The van der Waals surface area contributed by atoms with Gasteiger partial charge in [-0.1, -0.05) is 24.3 Å². The molecule has 3 nitrogen and oxygen atoms in total. The van der Waals surface area contributed by atoms with Gasteiger partial charge in [0, 0.05) is 12.1 Å². The molecular formula is C17H20ClNO2. The van der Waals surface area contributed by atoms with Gasteiger partial charge in [0.2, 0.25) is 0 Å². The Morgan fingerprint density at radius 1 is 1.14 bits per heavy atom. The molecule has 0 aliphatic carbocycles. The molecule has 0 heterocycles. The smallest absolute Gasteiger partial charge is 0.179 e. The fourth-order valence-corrected chi connectivity index (χ4v) is 2.04. The van der Waals surface area contributed by atoms with E-state index in [1.807, 2.05) is 19.1 Å². The third-order valence-corrected chi connectivity index (χ3v) is 3.41. The molecule has 0 radical (unpaired) electrons. The minimum Gasteiger partial charge on any atom is -0.508 e. The molecule has 112 valence electrons. The van der Waals surface area contributed by atoms with Crippen LogP contribution in [0, 0.1) is 6.92 Å². The van der Waals surface area contributed by atoms with Crippen LogP contribution in [-0.2, 0) is 6.54 Å². The quantitative estimate of drug-likeness (QED) is 0.831. The van der Waals surface area contributed by atoms with Gasteiger partial charge in [-0.15, -0.1) is 12.4 Å². The summed E-state index contributed by atoms with van der Waals surface area (Å²) in [6.45, 7) is 4.58. The van der Waals surface area contributed by atoms with Crippen LogP contribution in [0.5, 0.6) is 5.75 Å². The second-order valence-corrected chi connectivity index (χ2v) is 4.94. The zero-order valence-electron chi connectivity index (χ0n) is 12.2. The van der Waals surface area contributed by atoms with Crippen molar-refractivity contribution >= 4 is 18.2 Å². The van der Waals surface area contributed by atoms with E-state index in [1.165, 1.54) is 23.3 Å². The normalized spacial score (nSPS) is 11.5. The Hall–Kier alpha value is -1.84. The van der Waals surface area contributed by atoms with Crippen molar-refractivity contribution in [2.24, 2.45) is 0 Å². The number of hydrogen-bond acceptors (Lipinski definition) is 3. The number of hydrogen-bond donors (Lipinski definition) is 2. The number of benzene rings is 2. The largest absolute Gasteiger partial charge is 0.508 e. The molecule has 0 amide bonds. The molecule has 1 unspecified atom stereocenters. The van der Waals surface area contributed by atoms with Gasteiger partial charge in [0.1, 0.15) is 5.75 Å². The van der Waals surface area contributed by atoms with E-state index in [1.54, 1.807) is 12.1 Å². The van der Waals surface area contributed by atoms with Gasteiger partial charge in [0.25, 0.3) is 0 Å². The van der Waals surface area contributed by atoms with E-state index in [0.29, 0.717) is 12.1 Å². The Morgan fingerprint density at radius 2 is 1.76 bits per heavy atom. The Bertz CT molecular complexity index is 596. The molecule has 0 aromatic heterocycles. The van der Waals surface area contributed by atoms with Gasteiger partial charge in [0.05, 0.1) is 6.04 Å². The minimum absolute atomic E-state index is 0. The van der Waals surface area contributed by atoms with E-state index in [4.69, 9.17) is 0 Å². The van der Waals surface area contributed by atoms with Crippen molar-refractivity contribution in [3.63, 3.8) is 0 Å². The maximum Gasteiger partial charge on any atom is 0.179 e. The molecule has 21 heavy (non-hydrogen) atoms. The number of rotatable bonds is 5. The first-order chi connectivity index (χ1) is 9.58. The van der Waals surface area contributed by atoms with E-state index >= 15 is 0 Å². The predicted molar refractivity (Wildman–Crippen MR) is 87.2 cm³/mol. The number of aryl methyl sites for hydroxylation is 1. The van der Waals surface area contributed by atoms with Gasteiger partial charge < -0.3 is 10.4 Å². The van der Waals surface area contributed by atoms with Crippen LogP contribution in [0.1, 0.15) is 28.4 Å². The van der Waals surface area contributed by atoms with Gasteiger partial charge in [-0.05, 0) is 49.2 Å². The summed E-state index contributed by atoms with van der Waals surface area (Å²) in [5, 5.41) is 12.5. The highest BCUT2D eigenvalue weighted by Gasteiger charge is 2.14. The number of phenols is 1. The molecular weight excluding hydrogens is 286 g/mol. The number of Topliss-reactive ketones (excluding diaryl/α,β-unsaturated/α-hetero) is 1. The Balaban J connectivity index is 0.00000220. The molecule has 2 rings (SSSR count). The van der Waals surface area contributed by atoms with Crippen molar-refractivity contribution in [3.8, 4) is 5.75 Å². The molecule has 0 bridgehead atoms. The molecule has 0 fully saturated rings. The summed E-state index contributed by atoms with van der Waals surface area (Å²) >= 11 is 0.